The fraction of sp³-hybridized carbons (Fsp3) is 0.286. The number of halogens is 3. The van der Waals surface area contributed by atoms with Gasteiger partial charge in [-0.3, -0.25) is 4.79 Å². The number of rotatable bonds is 7. The van der Waals surface area contributed by atoms with Crippen molar-refractivity contribution in [1.29, 1.82) is 0 Å². The lowest BCUT2D eigenvalue weighted by Gasteiger charge is -2.17. The zero-order chi connectivity index (χ0) is 20.3. The Morgan fingerprint density at radius 3 is 2.43 bits per heavy atom. The zero-order valence-corrected chi connectivity index (χ0v) is 18.0. The molecule has 0 aliphatic rings. The average molecular weight is 439 g/mol. The molecular weight excluding hydrogens is 417 g/mol. The molecule has 0 fully saturated rings. The van der Waals surface area contributed by atoms with Gasteiger partial charge in [-0.1, -0.05) is 60.8 Å². The smallest absolute Gasteiger partial charge is 0.268 e. The van der Waals surface area contributed by atoms with E-state index in [1.54, 1.807) is 18.2 Å². The van der Waals surface area contributed by atoms with Crippen LogP contribution in [0.1, 0.15) is 24.3 Å². The Labute approximate surface area is 179 Å². The topological polar surface area (TPSA) is 48.1 Å². The highest BCUT2D eigenvalue weighted by Crippen LogP contribution is 2.35. The first-order chi connectivity index (χ1) is 13.4. The van der Waals surface area contributed by atoms with Gasteiger partial charge in [-0.05, 0) is 37.4 Å². The molecular formula is C21H22Cl3N3O. The molecule has 28 heavy (non-hydrogen) atoms. The summed E-state index contributed by atoms with van der Waals surface area (Å²) >= 11 is 18.4. The van der Waals surface area contributed by atoms with Crippen LogP contribution in [-0.2, 0) is 0 Å². The largest absolute Gasteiger partial charge is 0.350 e. The van der Waals surface area contributed by atoms with Crippen molar-refractivity contribution in [3.8, 4) is 11.3 Å². The molecule has 4 nitrogen and oxygen atoms in total. The van der Waals surface area contributed by atoms with E-state index < -0.39 is 0 Å². The Balaban J connectivity index is 1.95. The van der Waals surface area contributed by atoms with Gasteiger partial charge >= 0.3 is 0 Å². The Bertz CT molecular complexity index is 996. The van der Waals surface area contributed by atoms with Gasteiger partial charge in [-0.15, -0.1) is 0 Å². The minimum Gasteiger partial charge on any atom is -0.350 e. The summed E-state index contributed by atoms with van der Waals surface area (Å²) in [5.41, 5.74) is 2.13. The molecule has 0 bridgehead atoms. The molecule has 148 valence electrons. The first kappa shape index (κ1) is 21.0. The summed E-state index contributed by atoms with van der Waals surface area (Å²) in [6.07, 6.45) is 0. The van der Waals surface area contributed by atoms with Gasteiger partial charge in [0, 0.05) is 34.4 Å². The second-order valence-electron chi connectivity index (χ2n) is 6.48. The van der Waals surface area contributed by atoms with Crippen LogP contribution >= 0.6 is 34.8 Å². The molecule has 0 atom stereocenters. The van der Waals surface area contributed by atoms with Gasteiger partial charge < -0.3 is 15.2 Å². The predicted molar refractivity (Wildman–Crippen MR) is 119 cm³/mol. The van der Waals surface area contributed by atoms with Crippen LogP contribution < -0.4 is 5.32 Å². The summed E-state index contributed by atoms with van der Waals surface area (Å²) in [6, 6.07) is 10.9. The third-order valence-corrected chi connectivity index (χ3v) is 5.79. The molecule has 2 N–H and O–H groups in total. The van der Waals surface area contributed by atoms with Crippen LogP contribution in [-0.4, -0.2) is 42.0 Å². The maximum atomic E-state index is 12.8. The quantitative estimate of drug-likeness (QED) is 0.485. The highest BCUT2D eigenvalue weighted by molar-refractivity contribution is 6.42. The third kappa shape index (κ3) is 4.47. The number of fused-ring (bicyclic) bond motifs is 1. The van der Waals surface area contributed by atoms with E-state index in [4.69, 9.17) is 34.8 Å². The van der Waals surface area contributed by atoms with Crippen molar-refractivity contribution in [3.05, 3.63) is 57.2 Å². The van der Waals surface area contributed by atoms with Gasteiger partial charge in [-0.2, -0.15) is 0 Å². The maximum Gasteiger partial charge on any atom is 0.268 e. The molecule has 1 heterocycles. The van der Waals surface area contributed by atoms with E-state index in [9.17, 15) is 4.79 Å². The number of carbonyl (C=O) groups is 1. The molecule has 3 aromatic rings. The van der Waals surface area contributed by atoms with Crippen LogP contribution in [0, 0.1) is 0 Å². The van der Waals surface area contributed by atoms with Crippen molar-refractivity contribution >= 4 is 51.5 Å². The van der Waals surface area contributed by atoms with E-state index in [-0.39, 0.29) is 5.91 Å². The number of aromatic amines is 1. The second kappa shape index (κ2) is 9.19. The molecule has 0 radical (unpaired) electrons. The van der Waals surface area contributed by atoms with E-state index in [0.29, 0.717) is 27.3 Å². The highest BCUT2D eigenvalue weighted by atomic mass is 35.5. The van der Waals surface area contributed by atoms with Crippen LogP contribution in [0.4, 0.5) is 0 Å². The van der Waals surface area contributed by atoms with E-state index >= 15 is 0 Å². The summed E-state index contributed by atoms with van der Waals surface area (Å²) in [6.45, 7) is 7.52. The number of nitrogens with one attached hydrogen (secondary N) is 2. The van der Waals surface area contributed by atoms with E-state index in [2.05, 4.69) is 29.0 Å². The molecule has 0 unspecified atom stereocenters. The molecule has 1 aromatic heterocycles. The number of hydrogen-bond acceptors (Lipinski definition) is 2. The van der Waals surface area contributed by atoms with E-state index in [0.717, 1.165) is 41.7 Å². The van der Waals surface area contributed by atoms with Crippen LogP contribution in [0.15, 0.2) is 36.4 Å². The van der Waals surface area contributed by atoms with Crippen LogP contribution in [0.5, 0.6) is 0 Å². The lowest BCUT2D eigenvalue weighted by atomic mass is 10.1. The third-order valence-electron chi connectivity index (χ3n) is 4.81. The van der Waals surface area contributed by atoms with E-state index in [1.807, 2.05) is 18.2 Å². The van der Waals surface area contributed by atoms with Crippen molar-refractivity contribution < 1.29 is 4.79 Å². The molecule has 2 aromatic carbocycles. The monoisotopic (exact) mass is 437 g/mol. The number of amides is 1. The average Bonchev–Trinajstić information content (AvgIpc) is 3.06. The lowest BCUT2D eigenvalue weighted by Crippen LogP contribution is -2.35. The summed E-state index contributed by atoms with van der Waals surface area (Å²) in [7, 11) is 0. The molecule has 0 spiro atoms. The van der Waals surface area contributed by atoms with Gasteiger partial charge in [0.1, 0.15) is 5.69 Å². The predicted octanol–water partition coefficient (Wildman–Crippen LogP) is 5.87. The summed E-state index contributed by atoms with van der Waals surface area (Å²) in [5.74, 6) is -0.147. The van der Waals surface area contributed by atoms with Gasteiger partial charge in [0.05, 0.1) is 15.7 Å². The molecule has 7 heteroatoms. The Hall–Kier alpha value is -1.72. The SMILES string of the molecule is CCN(CC)CCNC(=O)c1[nH]c(-c2ccc(Cl)c(Cl)c2)c2cc(Cl)ccc12. The Kier molecular flexibility index (Phi) is 6.89. The van der Waals surface area contributed by atoms with Crippen molar-refractivity contribution in [2.45, 2.75) is 13.8 Å². The molecule has 3 rings (SSSR count). The normalized spacial score (nSPS) is 11.4. The Morgan fingerprint density at radius 1 is 1.00 bits per heavy atom. The number of nitrogens with zero attached hydrogens (tertiary/aromatic N) is 1. The van der Waals surface area contributed by atoms with Gasteiger partial charge in [-0.25, -0.2) is 0 Å². The van der Waals surface area contributed by atoms with Crippen molar-refractivity contribution in [3.63, 3.8) is 0 Å². The Morgan fingerprint density at radius 2 is 1.75 bits per heavy atom. The fourth-order valence-electron chi connectivity index (χ4n) is 3.22. The van der Waals surface area contributed by atoms with Gasteiger partial charge in [0.25, 0.3) is 5.91 Å². The number of hydrogen-bond donors (Lipinski definition) is 2. The lowest BCUT2D eigenvalue weighted by molar-refractivity contribution is 0.0946. The van der Waals surface area contributed by atoms with Gasteiger partial charge in [0.2, 0.25) is 0 Å². The number of aromatic nitrogens is 1. The molecule has 1 amide bonds. The first-order valence-electron chi connectivity index (χ1n) is 9.21. The summed E-state index contributed by atoms with van der Waals surface area (Å²) in [5, 5.41) is 6.20. The van der Waals surface area contributed by atoms with E-state index in [1.165, 1.54) is 0 Å². The summed E-state index contributed by atoms with van der Waals surface area (Å²) in [4.78, 5) is 18.3. The number of benzene rings is 2. The number of likely N-dealkylation sites (N-methyl/N-ethyl adjacent to an activating group) is 1. The highest BCUT2D eigenvalue weighted by Gasteiger charge is 2.18. The molecule has 0 aliphatic carbocycles. The standard InChI is InChI=1S/C21H22Cl3N3O/c1-3-27(4-2)10-9-25-21(28)20-15-7-6-14(22)12-16(15)19(26-20)13-5-8-17(23)18(24)11-13/h5-8,11-12,26H,3-4,9-10H2,1-2H3,(H,25,28). The molecule has 0 saturated heterocycles. The number of carbonyl (C=O) groups excluding carboxylic acids is 1. The zero-order valence-electron chi connectivity index (χ0n) is 15.8. The second-order valence-corrected chi connectivity index (χ2v) is 7.73. The molecule has 0 aliphatic heterocycles. The molecule has 0 saturated carbocycles. The van der Waals surface area contributed by atoms with Gasteiger partial charge in [0.15, 0.2) is 0 Å². The first-order valence-corrected chi connectivity index (χ1v) is 10.3. The summed E-state index contributed by atoms with van der Waals surface area (Å²) < 4.78 is 0. The number of H-pyrrole nitrogens is 1. The minimum absolute atomic E-state index is 0.147. The van der Waals surface area contributed by atoms with Crippen molar-refractivity contribution in [1.82, 2.24) is 15.2 Å². The van der Waals surface area contributed by atoms with Crippen LogP contribution in [0.25, 0.3) is 22.0 Å². The minimum atomic E-state index is -0.147. The fourth-order valence-corrected chi connectivity index (χ4v) is 3.69. The van der Waals surface area contributed by atoms with Crippen LogP contribution in [0.2, 0.25) is 15.1 Å². The van der Waals surface area contributed by atoms with Crippen molar-refractivity contribution in [2.24, 2.45) is 0 Å². The van der Waals surface area contributed by atoms with Crippen LogP contribution in [0.3, 0.4) is 0 Å². The van der Waals surface area contributed by atoms with Crippen molar-refractivity contribution in [2.75, 3.05) is 26.2 Å². The maximum absolute atomic E-state index is 12.8.